The Morgan fingerprint density at radius 2 is 1.80 bits per heavy atom. The molecule has 1 atom stereocenters. The zero-order valence-corrected chi connectivity index (χ0v) is 33.0. The monoisotopic (exact) mass is 750 g/mol. The van der Waals surface area contributed by atoms with Crippen LogP contribution in [0.15, 0.2) is 72.8 Å². The summed E-state index contributed by atoms with van der Waals surface area (Å²) in [5.41, 5.74) is 25.6. The van der Waals surface area contributed by atoms with Crippen LogP contribution in [0.3, 0.4) is 0 Å². The van der Waals surface area contributed by atoms with Crippen LogP contribution in [0, 0.1) is 19.9 Å². The van der Waals surface area contributed by atoms with Crippen molar-refractivity contribution in [3.05, 3.63) is 98.3 Å². The molecule has 5 rings (SSSR count). The number of hydrogen-bond acceptors (Lipinski definition) is 12. The van der Waals surface area contributed by atoms with Crippen molar-refractivity contribution in [2.24, 2.45) is 22.9 Å². The van der Waals surface area contributed by atoms with Crippen LogP contribution >= 0.6 is 0 Å². The summed E-state index contributed by atoms with van der Waals surface area (Å²) in [6.07, 6.45) is 12.2. The van der Waals surface area contributed by atoms with Crippen molar-refractivity contribution in [3.63, 3.8) is 0 Å². The van der Waals surface area contributed by atoms with Crippen molar-refractivity contribution < 1.29 is 58.2 Å². The number of allylic oxidation sites excluding steroid dienone is 2. The van der Waals surface area contributed by atoms with Gasteiger partial charge >= 0.3 is 35.5 Å². The van der Waals surface area contributed by atoms with E-state index in [1.54, 1.807) is 53.0 Å². The molecule has 1 aliphatic carbocycles. The number of para-hydroxylation sites is 2. The number of piperazine rings is 1. The number of benzene rings is 2. The molecule has 16 heteroatoms. The van der Waals surface area contributed by atoms with Crippen LogP contribution in [0.1, 0.15) is 51.0 Å². The standard InChI is InChI=1S/C26H36N8O3.C8H8O.C4H5NO2.Na/c1-17(27)26(36)37-23-10-6-5-9-20(23)21(28)13-22(25(29)30)34-15-19(14-31-34)33-12-11-32(16-24(33)35)18-7-3-2-4-8-18;1-2-9-8-6-4-3-5-7-8;1-2-4(7)5-3-6;/h5-6,9-10,13-15,17-18H,2-4,7-8,11-12,16,27-30H2,1H3;3-6H,1-2H2;1-2H2,(H,5,6,7);/q;2*-2;+1/b21-13-;;;. The Bertz CT molecular complexity index is 1700. The maximum absolute atomic E-state index is 13.0. The SMILES string of the molecule is CC(N)C(=O)Oc1ccccc1/C(N)=C/C(=C(N)N)n1cc(N2CCN(C3CCCCC3)CC2=O)cn1.[CH2-]CC(=O)N[C-]=O.[CH2-]COc1[c-]cccc1.[Na+]. The average molecular weight is 751 g/mol. The first-order valence-electron chi connectivity index (χ1n) is 17.2. The number of carbonyl (C=O) groups excluding carboxylic acids is 4. The molecule has 2 aliphatic rings. The number of amides is 3. The molecule has 0 bridgehead atoms. The Hall–Kier alpha value is -4.67. The maximum Gasteiger partial charge on any atom is 1.00 e. The van der Waals surface area contributed by atoms with Gasteiger partial charge in [0.25, 0.3) is 0 Å². The molecular weight excluding hydrogens is 701 g/mol. The van der Waals surface area contributed by atoms with Gasteiger partial charge in [-0.15, -0.1) is 12.1 Å². The van der Waals surface area contributed by atoms with Crippen LogP contribution in [-0.4, -0.2) is 77.2 Å². The summed E-state index contributed by atoms with van der Waals surface area (Å²) in [5.74, 6) is 0.0524. The number of nitrogens with one attached hydrogen (secondary N) is 1. The smallest absolute Gasteiger partial charge is 0.551 e. The van der Waals surface area contributed by atoms with Crippen molar-refractivity contribution >= 4 is 41.3 Å². The van der Waals surface area contributed by atoms with Gasteiger partial charge in [-0.05, 0) is 44.6 Å². The van der Waals surface area contributed by atoms with Crippen molar-refractivity contribution in [2.75, 3.05) is 31.1 Å². The quantitative estimate of drug-likeness (QED) is 0.0408. The van der Waals surface area contributed by atoms with Crippen LogP contribution < -0.4 is 72.2 Å². The Labute approximate surface area is 339 Å². The van der Waals surface area contributed by atoms with Crippen LogP contribution in [0.5, 0.6) is 11.5 Å². The van der Waals surface area contributed by atoms with E-state index >= 15 is 0 Å². The van der Waals surface area contributed by atoms with E-state index in [1.165, 1.54) is 37.3 Å². The number of hydrogen-bond donors (Lipinski definition) is 5. The summed E-state index contributed by atoms with van der Waals surface area (Å²) < 4.78 is 11.9. The molecule has 2 heterocycles. The number of carbonyl (C=O) groups is 3. The normalized spacial score (nSPS) is 15.1. The second-order valence-electron chi connectivity index (χ2n) is 12.1. The predicted octanol–water partition coefficient (Wildman–Crippen LogP) is -0.742. The molecule has 15 nitrogen and oxygen atoms in total. The van der Waals surface area contributed by atoms with Crippen LogP contribution in [0.25, 0.3) is 11.4 Å². The van der Waals surface area contributed by atoms with Crippen molar-refractivity contribution in [3.8, 4) is 11.5 Å². The molecule has 1 aromatic heterocycles. The van der Waals surface area contributed by atoms with Gasteiger partial charge in [0.05, 0.1) is 31.0 Å². The minimum atomic E-state index is -0.789. The third kappa shape index (κ3) is 14.3. The minimum absolute atomic E-state index is 0. The number of ether oxygens (including phenoxy) is 2. The van der Waals surface area contributed by atoms with Crippen molar-refractivity contribution in [1.29, 1.82) is 0 Å². The van der Waals surface area contributed by atoms with E-state index in [0.29, 0.717) is 42.7 Å². The fraction of sp³-hybridized carbons (Fsp3) is 0.342. The van der Waals surface area contributed by atoms with Gasteiger partial charge in [0, 0.05) is 42.0 Å². The third-order valence-electron chi connectivity index (χ3n) is 8.19. The number of esters is 1. The molecule has 1 unspecified atom stereocenters. The molecular formula is C38H49N9NaO6-3. The summed E-state index contributed by atoms with van der Waals surface area (Å²) in [6.45, 7) is 10.6. The van der Waals surface area contributed by atoms with Gasteiger partial charge in [-0.1, -0.05) is 31.4 Å². The molecule has 2 aromatic carbocycles. The van der Waals surface area contributed by atoms with E-state index in [0.717, 1.165) is 25.1 Å². The summed E-state index contributed by atoms with van der Waals surface area (Å²) in [7, 11) is 0. The van der Waals surface area contributed by atoms with Gasteiger partial charge in [-0.3, -0.25) is 9.69 Å². The van der Waals surface area contributed by atoms with Gasteiger partial charge in [0.2, 0.25) is 5.91 Å². The third-order valence-corrected chi connectivity index (χ3v) is 8.19. The summed E-state index contributed by atoms with van der Waals surface area (Å²) in [4.78, 5) is 48.3. The first kappa shape index (κ1) is 45.5. The molecule has 3 aromatic rings. The number of anilines is 1. The Morgan fingerprint density at radius 1 is 1.09 bits per heavy atom. The first-order valence-corrected chi connectivity index (χ1v) is 17.2. The Morgan fingerprint density at radius 3 is 2.37 bits per heavy atom. The number of imide groups is 1. The van der Waals surface area contributed by atoms with Gasteiger partial charge < -0.3 is 66.1 Å². The maximum atomic E-state index is 13.0. The zero-order valence-electron chi connectivity index (χ0n) is 31.0. The first-order chi connectivity index (χ1) is 25.5. The molecule has 0 spiro atoms. The Kier molecular flexibility index (Phi) is 20.1. The van der Waals surface area contributed by atoms with Crippen LogP contribution in [0.2, 0.25) is 0 Å². The summed E-state index contributed by atoms with van der Waals surface area (Å²) in [5, 5.41) is 6.17. The largest absolute Gasteiger partial charge is 1.00 e. The van der Waals surface area contributed by atoms with Gasteiger partial charge in [-0.25, -0.2) is 9.48 Å². The second-order valence-corrected chi connectivity index (χ2v) is 12.1. The fourth-order valence-electron chi connectivity index (χ4n) is 5.50. The number of rotatable bonds is 11. The van der Waals surface area contributed by atoms with Gasteiger partial charge in [0.15, 0.2) is 0 Å². The van der Waals surface area contributed by atoms with Gasteiger partial charge in [-0.2, -0.15) is 29.7 Å². The molecule has 1 saturated carbocycles. The van der Waals surface area contributed by atoms with Crippen LogP contribution in [-0.2, 0) is 19.2 Å². The van der Waals surface area contributed by atoms with Crippen LogP contribution in [0.4, 0.5) is 5.69 Å². The molecule has 3 amide bonds. The molecule has 1 saturated heterocycles. The summed E-state index contributed by atoms with van der Waals surface area (Å²) >= 11 is 0. The number of aromatic nitrogens is 2. The van der Waals surface area contributed by atoms with E-state index in [9.17, 15) is 19.2 Å². The fourth-order valence-corrected chi connectivity index (χ4v) is 5.50. The predicted molar refractivity (Wildman–Crippen MR) is 202 cm³/mol. The molecule has 1 aliphatic heterocycles. The molecule has 9 N–H and O–H groups in total. The molecule has 2 fully saturated rings. The van der Waals surface area contributed by atoms with E-state index in [4.69, 9.17) is 32.4 Å². The molecule has 54 heavy (non-hydrogen) atoms. The topological polar surface area (TPSA) is 227 Å². The van der Waals surface area contributed by atoms with E-state index < -0.39 is 17.9 Å². The Balaban J connectivity index is 0.000000491. The molecule has 0 radical (unpaired) electrons. The van der Waals surface area contributed by atoms with Crippen molar-refractivity contribution in [2.45, 2.75) is 57.5 Å². The van der Waals surface area contributed by atoms with E-state index in [2.05, 4.69) is 29.9 Å². The number of nitrogens with two attached hydrogens (primary N) is 4. The zero-order chi connectivity index (χ0) is 38.8. The summed E-state index contributed by atoms with van der Waals surface area (Å²) in [6, 6.07) is 16.9. The minimum Gasteiger partial charge on any atom is -0.551 e. The average Bonchev–Trinajstić information content (AvgIpc) is 3.65. The number of nitrogens with zero attached hydrogens (tertiary/aromatic N) is 4. The van der Waals surface area contributed by atoms with E-state index in [-0.39, 0.29) is 59.2 Å². The van der Waals surface area contributed by atoms with E-state index in [1.807, 2.05) is 24.3 Å². The second kappa shape index (κ2) is 23.9. The van der Waals surface area contributed by atoms with Crippen molar-refractivity contribution in [1.82, 2.24) is 20.0 Å². The molecule has 286 valence electrons. The van der Waals surface area contributed by atoms with Gasteiger partial charge in [0.1, 0.15) is 23.3 Å².